The van der Waals surface area contributed by atoms with Crippen LogP contribution in [0.1, 0.15) is 69.6 Å². The summed E-state index contributed by atoms with van der Waals surface area (Å²) in [7, 11) is 2.17. The lowest BCUT2D eigenvalue weighted by Gasteiger charge is -2.36. The number of hydrogen-bond acceptors (Lipinski definition) is 9. The Morgan fingerprint density at radius 2 is 1.94 bits per heavy atom. The van der Waals surface area contributed by atoms with Gasteiger partial charge in [-0.1, -0.05) is 11.6 Å². The highest BCUT2D eigenvalue weighted by Gasteiger charge is 2.48. The second kappa shape index (κ2) is 9.74. The van der Waals surface area contributed by atoms with Crippen molar-refractivity contribution in [3.8, 4) is 17.4 Å². The van der Waals surface area contributed by atoms with E-state index in [2.05, 4.69) is 34.2 Å². The van der Waals surface area contributed by atoms with Crippen LogP contribution in [-0.4, -0.2) is 77.7 Å². The average Bonchev–Trinajstić information content (AvgIpc) is 3.53. The normalized spacial score (nSPS) is 27.9. The van der Waals surface area contributed by atoms with Crippen LogP contribution in [0.4, 0.5) is 5.82 Å². The molecule has 0 radical (unpaired) electrons. The Morgan fingerprint density at radius 1 is 1.11 bits per heavy atom. The van der Waals surface area contributed by atoms with Crippen LogP contribution < -0.4 is 15.0 Å². The molecule has 2 aliphatic heterocycles. The number of likely N-dealkylation sites (tertiary alicyclic amines) is 1. The number of ketones is 1. The van der Waals surface area contributed by atoms with Gasteiger partial charge in [0.05, 0.1) is 5.41 Å². The Balaban J connectivity index is 1.37. The molecule has 1 saturated carbocycles. The van der Waals surface area contributed by atoms with Gasteiger partial charge in [0, 0.05) is 50.3 Å². The van der Waals surface area contributed by atoms with E-state index in [9.17, 15) is 4.79 Å². The summed E-state index contributed by atoms with van der Waals surface area (Å²) in [6.07, 6.45) is 8.52. The van der Waals surface area contributed by atoms with Crippen molar-refractivity contribution >= 4 is 11.6 Å². The van der Waals surface area contributed by atoms with Crippen molar-refractivity contribution < 1.29 is 14.1 Å². The van der Waals surface area contributed by atoms with Gasteiger partial charge in [-0.15, -0.1) is 0 Å². The lowest BCUT2D eigenvalue weighted by Crippen LogP contribution is -2.44. The zero-order valence-electron chi connectivity index (χ0n) is 21.6. The van der Waals surface area contributed by atoms with Crippen LogP contribution in [0, 0.1) is 0 Å². The van der Waals surface area contributed by atoms with Crippen LogP contribution >= 0.6 is 0 Å². The molecule has 194 valence electrons. The molecule has 9 heteroatoms. The third-order valence-electron chi connectivity index (χ3n) is 8.81. The van der Waals surface area contributed by atoms with Gasteiger partial charge in [0.2, 0.25) is 5.88 Å². The van der Waals surface area contributed by atoms with Gasteiger partial charge in [-0.3, -0.25) is 9.69 Å². The number of fused-ring (bicyclic) bond motifs is 2. The summed E-state index contributed by atoms with van der Waals surface area (Å²) in [6, 6.07) is 2.35. The number of anilines is 1. The summed E-state index contributed by atoms with van der Waals surface area (Å²) < 4.78 is 12.4. The van der Waals surface area contributed by atoms with Crippen molar-refractivity contribution in [2.45, 2.75) is 82.3 Å². The van der Waals surface area contributed by atoms with Gasteiger partial charge in [-0.2, -0.15) is 4.98 Å². The van der Waals surface area contributed by atoms with Gasteiger partial charge in [0.25, 0.3) is 0 Å². The van der Waals surface area contributed by atoms with Gasteiger partial charge in [-0.25, -0.2) is 4.98 Å². The second-order valence-electron chi connectivity index (χ2n) is 11.0. The number of carbonyl (C=O) groups is 1. The third kappa shape index (κ3) is 4.20. The first-order chi connectivity index (χ1) is 17.5. The lowest BCUT2D eigenvalue weighted by atomic mass is 9.64. The first-order valence-electron chi connectivity index (χ1n) is 13.8. The largest absolute Gasteiger partial charge is 0.473 e. The van der Waals surface area contributed by atoms with E-state index in [0.717, 1.165) is 94.8 Å². The number of carbonyl (C=O) groups excluding carboxylic acids is 1. The molecule has 0 unspecified atom stereocenters. The number of rotatable bonds is 5. The van der Waals surface area contributed by atoms with E-state index in [1.165, 1.54) is 6.42 Å². The van der Waals surface area contributed by atoms with E-state index in [1.807, 2.05) is 6.07 Å². The molecule has 0 amide bonds. The minimum atomic E-state index is -0.506. The molecule has 3 atom stereocenters. The predicted octanol–water partition coefficient (Wildman–Crippen LogP) is 3.12. The molecule has 2 saturated heterocycles. The van der Waals surface area contributed by atoms with Gasteiger partial charge < -0.3 is 19.5 Å². The Bertz CT molecular complexity index is 1110. The van der Waals surface area contributed by atoms with Crippen molar-refractivity contribution in [3.05, 3.63) is 17.4 Å². The van der Waals surface area contributed by atoms with Crippen molar-refractivity contribution in [2.24, 2.45) is 0 Å². The molecule has 0 bridgehead atoms. The van der Waals surface area contributed by atoms with E-state index >= 15 is 0 Å². The van der Waals surface area contributed by atoms with Crippen molar-refractivity contribution in [2.75, 3.05) is 44.7 Å². The van der Waals surface area contributed by atoms with Crippen LogP contribution in [0.5, 0.6) is 5.88 Å². The summed E-state index contributed by atoms with van der Waals surface area (Å²) in [5.41, 5.74) is 1.19. The Hall–Kier alpha value is -2.52. The van der Waals surface area contributed by atoms with Gasteiger partial charge in [-0.05, 0) is 65.5 Å². The molecule has 2 aromatic heterocycles. The van der Waals surface area contributed by atoms with Crippen LogP contribution in [0.2, 0.25) is 0 Å². The monoisotopic (exact) mass is 494 g/mol. The molecule has 3 fully saturated rings. The summed E-state index contributed by atoms with van der Waals surface area (Å²) in [4.78, 5) is 27.6. The number of aromatic nitrogens is 3. The SMILES string of the molecule is C[C@H](Oc1cc(N2CCNCC2)nc(-c2noc3c2CCC[C@@]32CCCCC2=O)n1)[C@@H]1CCCN1C. The Morgan fingerprint density at radius 3 is 2.72 bits per heavy atom. The average molecular weight is 495 g/mol. The fourth-order valence-corrected chi connectivity index (χ4v) is 6.80. The van der Waals surface area contributed by atoms with Gasteiger partial charge in [0.1, 0.15) is 17.7 Å². The molecule has 2 aromatic rings. The summed E-state index contributed by atoms with van der Waals surface area (Å²) in [5.74, 6) is 3.06. The molecule has 6 rings (SSSR count). The quantitative estimate of drug-likeness (QED) is 0.672. The predicted molar refractivity (Wildman–Crippen MR) is 136 cm³/mol. The van der Waals surface area contributed by atoms with Gasteiger partial charge >= 0.3 is 0 Å². The maximum Gasteiger partial charge on any atom is 0.219 e. The zero-order chi connectivity index (χ0) is 24.7. The molecule has 4 heterocycles. The number of piperazine rings is 1. The number of nitrogens with one attached hydrogen (secondary N) is 1. The Labute approximate surface area is 213 Å². The zero-order valence-corrected chi connectivity index (χ0v) is 21.6. The van der Waals surface area contributed by atoms with E-state index in [1.54, 1.807) is 0 Å². The first-order valence-corrected chi connectivity index (χ1v) is 13.8. The molecule has 2 aliphatic carbocycles. The maximum atomic E-state index is 13.1. The standard InChI is InChI=1S/C27H38N6O3/c1-18(20-8-6-14-32(20)2)35-23-17-22(33-15-12-28-13-16-33)29-26(30-23)24-19-7-5-11-27(25(19)36-31-24)10-4-3-9-21(27)34/h17-18,20,28H,3-16H2,1-2H3/t18-,20-,27+/m0/s1. The molecular formula is C27H38N6O3. The summed E-state index contributed by atoms with van der Waals surface area (Å²) >= 11 is 0. The van der Waals surface area contributed by atoms with Crippen molar-refractivity contribution in [3.63, 3.8) is 0 Å². The fourth-order valence-electron chi connectivity index (χ4n) is 6.80. The lowest BCUT2D eigenvalue weighted by molar-refractivity contribution is -0.128. The number of hydrogen-bond donors (Lipinski definition) is 1. The highest BCUT2D eigenvalue weighted by Crippen LogP contribution is 2.47. The van der Waals surface area contributed by atoms with Crippen molar-refractivity contribution in [1.29, 1.82) is 0 Å². The highest BCUT2D eigenvalue weighted by atomic mass is 16.5. The van der Waals surface area contributed by atoms with Crippen LogP contribution in [0.15, 0.2) is 10.6 Å². The summed E-state index contributed by atoms with van der Waals surface area (Å²) in [6.45, 7) is 6.84. The molecule has 36 heavy (non-hydrogen) atoms. The number of Topliss-reactive ketones (excluding diaryl/α,β-unsaturated/α-hetero) is 1. The smallest absolute Gasteiger partial charge is 0.219 e. The first kappa shape index (κ1) is 23.9. The number of ether oxygens (including phenoxy) is 1. The molecule has 9 nitrogen and oxygen atoms in total. The van der Waals surface area contributed by atoms with E-state index in [-0.39, 0.29) is 6.10 Å². The van der Waals surface area contributed by atoms with E-state index in [4.69, 9.17) is 19.2 Å². The number of likely N-dealkylation sites (N-methyl/N-ethyl adjacent to an activating group) is 1. The fraction of sp³-hybridized carbons (Fsp3) is 0.704. The minimum absolute atomic E-state index is 0.0190. The number of nitrogens with zero attached hydrogens (tertiary/aromatic N) is 5. The molecule has 1 spiro atoms. The molecule has 1 N–H and O–H groups in total. The van der Waals surface area contributed by atoms with E-state index in [0.29, 0.717) is 35.6 Å². The van der Waals surface area contributed by atoms with E-state index < -0.39 is 5.41 Å². The third-order valence-corrected chi connectivity index (χ3v) is 8.81. The molecular weight excluding hydrogens is 456 g/mol. The second-order valence-corrected chi connectivity index (χ2v) is 11.0. The Kier molecular flexibility index (Phi) is 6.46. The maximum absolute atomic E-state index is 13.1. The minimum Gasteiger partial charge on any atom is -0.473 e. The highest BCUT2D eigenvalue weighted by molar-refractivity contribution is 5.91. The van der Waals surface area contributed by atoms with Crippen LogP contribution in [0.3, 0.4) is 0 Å². The topological polar surface area (TPSA) is 96.6 Å². The van der Waals surface area contributed by atoms with Gasteiger partial charge in [0.15, 0.2) is 17.3 Å². The summed E-state index contributed by atoms with van der Waals surface area (Å²) in [5, 5.41) is 7.91. The van der Waals surface area contributed by atoms with Crippen LogP contribution in [-0.2, 0) is 16.6 Å². The molecule has 4 aliphatic rings. The molecule has 0 aromatic carbocycles. The van der Waals surface area contributed by atoms with Crippen LogP contribution in [0.25, 0.3) is 11.5 Å². The van der Waals surface area contributed by atoms with Crippen molar-refractivity contribution in [1.82, 2.24) is 25.3 Å².